The van der Waals surface area contributed by atoms with Gasteiger partial charge in [-0.1, -0.05) is 60.7 Å². The zero-order valence-electron chi connectivity index (χ0n) is 28.9. The van der Waals surface area contributed by atoms with Crippen molar-refractivity contribution in [2.75, 3.05) is 0 Å². The molecule has 11 heteroatoms. The number of phenols is 2. The Morgan fingerprint density at radius 2 is 1.29 bits per heavy atom. The molecular formula is C38H47N3O8. The molecule has 1 fully saturated rings. The Balaban J connectivity index is 1.75. The van der Waals surface area contributed by atoms with E-state index in [1.165, 1.54) is 23.1 Å². The number of esters is 1. The molecule has 1 saturated carbocycles. The van der Waals surface area contributed by atoms with E-state index >= 15 is 0 Å². The van der Waals surface area contributed by atoms with Crippen LogP contribution in [0.3, 0.4) is 0 Å². The Bertz CT molecular complexity index is 1610. The Morgan fingerprint density at radius 1 is 0.735 bits per heavy atom. The van der Waals surface area contributed by atoms with Crippen molar-refractivity contribution in [3.8, 4) is 11.5 Å². The number of para-hydroxylation sites is 1. The number of phenolic OH excluding ortho intramolecular Hbond substituents is 2. The van der Waals surface area contributed by atoms with Crippen LogP contribution in [0.1, 0.15) is 77.1 Å². The number of carbonyl (C=O) groups is 4. The highest BCUT2D eigenvalue weighted by Gasteiger charge is 2.45. The van der Waals surface area contributed by atoms with E-state index in [1.54, 1.807) is 71.9 Å². The monoisotopic (exact) mass is 673 g/mol. The van der Waals surface area contributed by atoms with Crippen LogP contribution in [0.25, 0.3) is 0 Å². The number of carbonyl (C=O) groups excluding carboxylic acids is 4. The molecule has 1 aliphatic rings. The van der Waals surface area contributed by atoms with Gasteiger partial charge in [0.05, 0.1) is 0 Å². The molecule has 1 aliphatic carbocycles. The first-order chi connectivity index (χ1) is 23.0. The number of benzene rings is 3. The largest absolute Gasteiger partial charge is 0.508 e. The smallest absolute Gasteiger partial charge is 0.408 e. The number of aromatic hydroxyl groups is 2. The summed E-state index contributed by atoms with van der Waals surface area (Å²) in [5.41, 5.74) is -0.107. The Hall–Kier alpha value is -5.06. The second kappa shape index (κ2) is 15.4. The predicted molar refractivity (Wildman–Crippen MR) is 184 cm³/mol. The number of ether oxygens (including phenoxy) is 2. The summed E-state index contributed by atoms with van der Waals surface area (Å²) < 4.78 is 11.2. The normalized spacial score (nSPS) is 14.9. The van der Waals surface area contributed by atoms with Gasteiger partial charge in [-0.2, -0.15) is 0 Å². The maximum Gasteiger partial charge on any atom is 0.408 e. The molecule has 3 amide bonds. The summed E-state index contributed by atoms with van der Waals surface area (Å²) in [7, 11) is 0. The van der Waals surface area contributed by atoms with Gasteiger partial charge in [-0.15, -0.1) is 0 Å². The van der Waals surface area contributed by atoms with Crippen LogP contribution in [0.5, 0.6) is 11.5 Å². The third-order valence-electron chi connectivity index (χ3n) is 7.61. The van der Waals surface area contributed by atoms with Crippen LogP contribution in [-0.4, -0.2) is 68.3 Å². The van der Waals surface area contributed by atoms with Gasteiger partial charge in [-0.25, -0.2) is 9.59 Å². The van der Waals surface area contributed by atoms with Crippen LogP contribution >= 0.6 is 0 Å². The fraction of sp³-hybridized carbons (Fsp3) is 0.421. The molecule has 3 aromatic carbocycles. The Labute approximate surface area is 287 Å². The molecule has 262 valence electrons. The minimum Gasteiger partial charge on any atom is -0.508 e. The summed E-state index contributed by atoms with van der Waals surface area (Å²) in [6.07, 6.45) is 0.486. The molecule has 4 N–H and O–H groups in total. The molecule has 0 aliphatic heterocycles. The highest BCUT2D eigenvalue weighted by Crippen LogP contribution is 2.38. The molecule has 49 heavy (non-hydrogen) atoms. The summed E-state index contributed by atoms with van der Waals surface area (Å²) in [5.74, 6) is -2.11. The molecule has 3 aromatic rings. The van der Waals surface area contributed by atoms with Crippen molar-refractivity contribution in [2.24, 2.45) is 0 Å². The lowest BCUT2D eigenvalue weighted by Gasteiger charge is -2.35. The highest BCUT2D eigenvalue weighted by atomic mass is 16.6. The van der Waals surface area contributed by atoms with Crippen LogP contribution in [-0.2, 0) is 36.7 Å². The molecule has 3 atom stereocenters. The number of amides is 3. The molecule has 0 spiro atoms. The van der Waals surface area contributed by atoms with Crippen molar-refractivity contribution in [1.82, 2.24) is 15.5 Å². The van der Waals surface area contributed by atoms with Gasteiger partial charge in [0, 0.05) is 24.4 Å². The predicted octanol–water partition coefficient (Wildman–Crippen LogP) is 5.34. The molecule has 0 bridgehead atoms. The van der Waals surface area contributed by atoms with Crippen molar-refractivity contribution < 1.29 is 38.9 Å². The molecule has 3 unspecified atom stereocenters. The minimum atomic E-state index is -1.37. The second-order valence-corrected chi connectivity index (χ2v) is 14.3. The van der Waals surface area contributed by atoms with Crippen molar-refractivity contribution >= 4 is 23.9 Å². The Morgan fingerprint density at radius 3 is 1.86 bits per heavy atom. The van der Waals surface area contributed by atoms with Crippen molar-refractivity contribution in [1.29, 1.82) is 0 Å². The zero-order valence-corrected chi connectivity index (χ0v) is 28.9. The van der Waals surface area contributed by atoms with E-state index in [1.807, 2.05) is 30.3 Å². The number of hydrogen-bond donors (Lipinski definition) is 4. The number of nitrogens with zero attached hydrogens (tertiary/aromatic N) is 1. The molecule has 0 radical (unpaired) electrons. The van der Waals surface area contributed by atoms with Gasteiger partial charge in [0.25, 0.3) is 0 Å². The lowest BCUT2D eigenvalue weighted by molar-refractivity contribution is -0.159. The maximum atomic E-state index is 14.7. The first kappa shape index (κ1) is 36.8. The van der Waals surface area contributed by atoms with Crippen LogP contribution in [0, 0.1) is 0 Å². The first-order valence-corrected chi connectivity index (χ1v) is 16.5. The van der Waals surface area contributed by atoms with Crippen LogP contribution in [0.4, 0.5) is 4.79 Å². The number of nitrogens with one attached hydrogen (secondary N) is 2. The van der Waals surface area contributed by atoms with Gasteiger partial charge < -0.3 is 35.2 Å². The summed E-state index contributed by atoms with van der Waals surface area (Å²) in [4.78, 5) is 57.1. The molecule has 0 aromatic heterocycles. The fourth-order valence-electron chi connectivity index (χ4n) is 5.37. The SMILES string of the molecule is CC(C)(C)OC(=O)NC(Cc1ccc(O)cc1)C(=O)N(C1CC1)C(C(=O)NC(Cc1ccccc1)C(=O)OC(C)(C)C)c1ccccc1O. The third-order valence-corrected chi connectivity index (χ3v) is 7.61. The topological polar surface area (TPSA) is 154 Å². The maximum absolute atomic E-state index is 14.7. The lowest BCUT2D eigenvalue weighted by Crippen LogP contribution is -2.56. The van der Waals surface area contributed by atoms with Gasteiger partial charge in [-0.05, 0) is 83.7 Å². The summed E-state index contributed by atoms with van der Waals surface area (Å²) in [6, 6.07) is 17.6. The molecule has 0 saturated heterocycles. The Kier molecular flexibility index (Phi) is 11.6. The average molecular weight is 674 g/mol. The van der Waals surface area contributed by atoms with Gasteiger partial charge in [0.2, 0.25) is 11.8 Å². The molecular weight excluding hydrogens is 626 g/mol. The van der Waals surface area contributed by atoms with Crippen molar-refractivity contribution in [3.05, 3.63) is 95.6 Å². The lowest BCUT2D eigenvalue weighted by atomic mass is 9.98. The van der Waals surface area contributed by atoms with Crippen LogP contribution in [0.15, 0.2) is 78.9 Å². The molecule has 4 rings (SSSR count). The van der Waals surface area contributed by atoms with Crippen molar-refractivity contribution in [3.63, 3.8) is 0 Å². The number of alkyl carbamates (subject to hydrolysis) is 1. The van der Waals surface area contributed by atoms with E-state index in [0.29, 0.717) is 18.4 Å². The number of hydrogen-bond acceptors (Lipinski definition) is 8. The van der Waals surface area contributed by atoms with E-state index in [9.17, 15) is 29.4 Å². The quantitative estimate of drug-likeness (QED) is 0.188. The highest BCUT2D eigenvalue weighted by molar-refractivity contribution is 5.95. The van der Waals surface area contributed by atoms with Gasteiger partial charge in [-0.3, -0.25) is 9.59 Å². The summed E-state index contributed by atoms with van der Waals surface area (Å²) in [6.45, 7) is 10.3. The fourth-order valence-corrected chi connectivity index (χ4v) is 5.37. The number of rotatable bonds is 12. The first-order valence-electron chi connectivity index (χ1n) is 16.5. The zero-order chi connectivity index (χ0) is 35.9. The van der Waals surface area contributed by atoms with E-state index in [0.717, 1.165) is 5.56 Å². The van der Waals surface area contributed by atoms with Gasteiger partial charge in [0.15, 0.2) is 0 Å². The van der Waals surface area contributed by atoms with E-state index in [-0.39, 0.29) is 35.9 Å². The van der Waals surface area contributed by atoms with E-state index in [2.05, 4.69) is 10.6 Å². The summed E-state index contributed by atoms with van der Waals surface area (Å²) in [5, 5.41) is 26.4. The molecule has 11 nitrogen and oxygen atoms in total. The van der Waals surface area contributed by atoms with Crippen LogP contribution in [0.2, 0.25) is 0 Å². The minimum absolute atomic E-state index is 0.0191. The van der Waals surface area contributed by atoms with E-state index in [4.69, 9.17) is 9.47 Å². The summed E-state index contributed by atoms with van der Waals surface area (Å²) >= 11 is 0. The van der Waals surface area contributed by atoms with Crippen LogP contribution < -0.4 is 10.6 Å². The third kappa shape index (κ3) is 11.0. The van der Waals surface area contributed by atoms with Gasteiger partial charge in [0.1, 0.15) is 40.8 Å². The van der Waals surface area contributed by atoms with E-state index < -0.39 is 53.2 Å². The van der Waals surface area contributed by atoms with Gasteiger partial charge >= 0.3 is 12.1 Å². The average Bonchev–Trinajstić information content (AvgIpc) is 3.84. The molecule has 0 heterocycles. The second-order valence-electron chi connectivity index (χ2n) is 14.3. The van der Waals surface area contributed by atoms with Crippen molar-refractivity contribution in [2.45, 2.75) is 103 Å². The standard InChI is InChI=1S/C38H47N3O8/c1-37(2,3)48-35(46)30(23-24-12-8-7-9-13-24)39-33(44)32(28-14-10-11-15-31(28)43)41(26-18-19-26)34(45)29(40-36(47)49-38(4,5)6)22-25-16-20-27(42)21-17-25/h7-17,20-21,26,29-30,32,42-43H,18-19,22-23H2,1-6H3,(H,39,44)(H,40,47).